The molecule has 1 atom stereocenters. The average molecular weight is 325 g/mol. The molecule has 7 heteroatoms. The van der Waals surface area contributed by atoms with Gasteiger partial charge in [-0.3, -0.25) is 0 Å². The molecule has 0 fully saturated rings. The number of rotatable bonds is 7. The van der Waals surface area contributed by atoms with E-state index in [2.05, 4.69) is 10.0 Å². The Morgan fingerprint density at radius 2 is 2.00 bits per heavy atom. The third-order valence-corrected chi connectivity index (χ3v) is 4.74. The molecule has 1 rings (SSSR count). The highest BCUT2D eigenvalue weighted by atomic mass is 35.5. The number of benzene rings is 1. The Morgan fingerprint density at radius 3 is 2.53 bits per heavy atom. The van der Waals surface area contributed by atoms with Crippen LogP contribution in [0.1, 0.15) is 24.9 Å². The van der Waals surface area contributed by atoms with E-state index >= 15 is 0 Å². The smallest absolute Gasteiger partial charge is 0.212 e. The van der Waals surface area contributed by atoms with Crippen molar-refractivity contribution in [2.24, 2.45) is 0 Å². The Morgan fingerprint density at radius 1 is 1.32 bits per heavy atom. The number of hydrogen-bond donors (Lipinski definition) is 2. The van der Waals surface area contributed by atoms with Crippen molar-refractivity contribution in [3.8, 4) is 0 Å². The molecule has 0 aliphatic heterocycles. The van der Waals surface area contributed by atoms with Gasteiger partial charge in [-0.15, -0.1) is 0 Å². The molecule has 0 amide bonds. The van der Waals surface area contributed by atoms with Gasteiger partial charge in [-0.1, -0.05) is 36.2 Å². The standard InChI is InChI=1S/C12H18Cl2N2O2S/c1-3-12(16-6-7-19(17,18)15-2)10-5-4-9(13)8-11(10)14/h4-5,8,12,15-16H,3,6-7H2,1-2H3. The summed E-state index contributed by atoms with van der Waals surface area (Å²) in [5.41, 5.74) is 0.926. The quantitative estimate of drug-likeness (QED) is 0.810. The van der Waals surface area contributed by atoms with Crippen LogP contribution < -0.4 is 10.0 Å². The highest BCUT2D eigenvalue weighted by Crippen LogP contribution is 2.27. The van der Waals surface area contributed by atoms with Gasteiger partial charge in [-0.05, 0) is 31.2 Å². The maximum Gasteiger partial charge on any atom is 0.212 e. The zero-order chi connectivity index (χ0) is 14.5. The van der Waals surface area contributed by atoms with Crippen molar-refractivity contribution < 1.29 is 8.42 Å². The molecule has 19 heavy (non-hydrogen) atoms. The molecule has 2 N–H and O–H groups in total. The Balaban J connectivity index is 2.68. The van der Waals surface area contributed by atoms with Gasteiger partial charge in [-0.2, -0.15) is 0 Å². The lowest BCUT2D eigenvalue weighted by molar-refractivity contribution is 0.530. The fraction of sp³-hybridized carbons (Fsp3) is 0.500. The second-order valence-electron chi connectivity index (χ2n) is 4.10. The van der Waals surface area contributed by atoms with E-state index in [9.17, 15) is 8.42 Å². The van der Waals surface area contributed by atoms with Gasteiger partial charge in [0.2, 0.25) is 10.0 Å². The minimum atomic E-state index is -3.19. The molecular weight excluding hydrogens is 307 g/mol. The fourth-order valence-electron chi connectivity index (χ4n) is 1.73. The maximum absolute atomic E-state index is 11.3. The predicted molar refractivity (Wildman–Crippen MR) is 80.3 cm³/mol. The van der Waals surface area contributed by atoms with Crippen LogP contribution in [0.4, 0.5) is 0 Å². The van der Waals surface area contributed by atoms with Crippen LogP contribution >= 0.6 is 23.2 Å². The van der Waals surface area contributed by atoms with Crippen LogP contribution in [-0.4, -0.2) is 27.8 Å². The van der Waals surface area contributed by atoms with E-state index < -0.39 is 10.0 Å². The molecule has 1 aromatic carbocycles. The summed E-state index contributed by atoms with van der Waals surface area (Å²) in [6, 6.07) is 5.33. The molecule has 0 aromatic heterocycles. The van der Waals surface area contributed by atoms with Gasteiger partial charge >= 0.3 is 0 Å². The third kappa shape index (κ3) is 5.28. The largest absolute Gasteiger partial charge is 0.309 e. The summed E-state index contributed by atoms with van der Waals surface area (Å²) in [5, 5.41) is 4.36. The molecule has 0 aliphatic rings. The second-order valence-corrected chi connectivity index (χ2v) is 6.99. The SMILES string of the molecule is CCC(NCCS(=O)(=O)NC)c1ccc(Cl)cc1Cl. The number of hydrogen-bond acceptors (Lipinski definition) is 3. The van der Waals surface area contributed by atoms with Crippen molar-refractivity contribution in [1.29, 1.82) is 0 Å². The van der Waals surface area contributed by atoms with Gasteiger partial charge in [-0.25, -0.2) is 13.1 Å². The van der Waals surface area contributed by atoms with Crippen molar-refractivity contribution in [3.05, 3.63) is 33.8 Å². The molecule has 0 saturated carbocycles. The highest BCUT2D eigenvalue weighted by molar-refractivity contribution is 7.89. The van der Waals surface area contributed by atoms with E-state index in [1.807, 2.05) is 13.0 Å². The second kappa shape index (κ2) is 7.45. The molecule has 0 bridgehead atoms. The zero-order valence-corrected chi connectivity index (χ0v) is 13.2. The lowest BCUT2D eigenvalue weighted by atomic mass is 10.0. The van der Waals surface area contributed by atoms with Gasteiger partial charge in [0.1, 0.15) is 0 Å². The lowest BCUT2D eigenvalue weighted by Gasteiger charge is -2.18. The molecule has 0 radical (unpaired) electrons. The molecule has 0 spiro atoms. The van der Waals surface area contributed by atoms with Crippen LogP contribution in [0.3, 0.4) is 0 Å². The summed E-state index contributed by atoms with van der Waals surface area (Å²) in [5.74, 6) is 0.0329. The first-order valence-corrected chi connectivity index (χ1v) is 8.40. The van der Waals surface area contributed by atoms with Crippen molar-refractivity contribution in [2.75, 3.05) is 19.3 Å². The number of sulfonamides is 1. The molecule has 1 unspecified atom stereocenters. The van der Waals surface area contributed by atoms with Gasteiger partial charge in [0.15, 0.2) is 0 Å². The fourth-order valence-corrected chi connectivity index (χ4v) is 2.86. The number of nitrogens with one attached hydrogen (secondary N) is 2. The lowest BCUT2D eigenvalue weighted by Crippen LogP contribution is -2.31. The molecular formula is C12H18Cl2N2O2S. The van der Waals surface area contributed by atoms with E-state index in [1.54, 1.807) is 12.1 Å². The summed E-state index contributed by atoms with van der Waals surface area (Å²) in [7, 11) is -1.78. The van der Waals surface area contributed by atoms with Gasteiger partial charge in [0.05, 0.1) is 5.75 Å². The first kappa shape index (κ1) is 16.7. The predicted octanol–water partition coefficient (Wildman–Crippen LogP) is 2.58. The first-order valence-electron chi connectivity index (χ1n) is 5.99. The van der Waals surface area contributed by atoms with Crippen molar-refractivity contribution in [2.45, 2.75) is 19.4 Å². The van der Waals surface area contributed by atoms with E-state index in [0.717, 1.165) is 12.0 Å². The summed E-state index contributed by atoms with van der Waals surface area (Å²) in [4.78, 5) is 0. The molecule has 0 saturated heterocycles. The Hall–Kier alpha value is -0.330. The molecule has 0 aliphatic carbocycles. The van der Waals surface area contributed by atoms with Crippen LogP contribution in [0, 0.1) is 0 Å². The van der Waals surface area contributed by atoms with E-state index in [0.29, 0.717) is 16.6 Å². The monoisotopic (exact) mass is 324 g/mol. The van der Waals surface area contributed by atoms with Crippen molar-refractivity contribution in [3.63, 3.8) is 0 Å². The molecule has 1 aromatic rings. The maximum atomic E-state index is 11.3. The average Bonchev–Trinajstić information content (AvgIpc) is 2.36. The third-order valence-electron chi connectivity index (χ3n) is 2.82. The Kier molecular flexibility index (Phi) is 6.56. The van der Waals surface area contributed by atoms with E-state index in [4.69, 9.17) is 23.2 Å². The van der Waals surface area contributed by atoms with Crippen molar-refractivity contribution in [1.82, 2.24) is 10.0 Å². The first-order chi connectivity index (χ1) is 8.89. The van der Waals surface area contributed by atoms with Gasteiger partial charge in [0, 0.05) is 22.6 Å². The highest BCUT2D eigenvalue weighted by Gasteiger charge is 2.14. The van der Waals surface area contributed by atoms with Crippen LogP contribution in [0.2, 0.25) is 10.0 Å². The summed E-state index contributed by atoms with van der Waals surface area (Å²) < 4.78 is 24.9. The van der Waals surface area contributed by atoms with Crippen LogP contribution in [-0.2, 0) is 10.0 Å². The Labute approximate surface area is 124 Å². The zero-order valence-electron chi connectivity index (χ0n) is 10.9. The molecule has 4 nitrogen and oxygen atoms in total. The Bertz CT molecular complexity index is 520. The molecule has 0 heterocycles. The number of halogens is 2. The normalized spacial score (nSPS) is 13.5. The van der Waals surface area contributed by atoms with Crippen LogP contribution in [0.5, 0.6) is 0 Å². The summed E-state index contributed by atoms with van der Waals surface area (Å²) in [6.07, 6.45) is 0.807. The minimum absolute atomic E-state index is 0.0109. The molecule has 108 valence electrons. The topological polar surface area (TPSA) is 58.2 Å². The van der Waals surface area contributed by atoms with Crippen LogP contribution in [0.15, 0.2) is 18.2 Å². The van der Waals surface area contributed by atoms with Crippen LogP contribution in [0.25, 0.3) is 0 Å². The van der Waals surface area contributed by atoms with Gasteiger partial charge < -0.3 is 5.32 Å². The minimum Gasteiger partial charge on any atom is -0.309 e. The van der Waals surface area contributed by atoms with Crippen molar-refractivity contribution >= 4 is 33.2 Å². The summed E-state index contributed by atoms with van der Waals surface area (Å²) >= 11 is 12.0. The van der Waals surface area contributed by atoms with Gasteiger partial charge in [0.25, 0.3) is 0 Å². The van der Waals surface area contributed by atoms with E-state index in [1.165, 1.54) is 7.05 Å². The summed E-state index contributed by atoms with van der Waals surface area (Å²) in [6.45, 7) is 2.37. The van der Waals surface area contributed by atoms with E-state index in [-0.39, 0.29) is 11.8 Å².